The standard InChI is InChI=1S/C17H26N4O2S/c1-4-11-6-5-7-12(9-8-11)10-24-16-18-13-14(19-16)20(2)17(23)21(3)15(13)22/h11-12H,4-10H2,1-3H3,(H,18,19). The van der Waals surface area contributed by atoms with Gasteiger partial charge < -0.3 is 4.98 Å². The molecule has 1 N–H and O–H groups in total. The van der Waals surface area contributed by atoms with Gasteiger partial charge >= 0.3 is 5.69 Å². The Kier molecular flexibility index (Phi) is 5.18. The minimum Gasteiger partial charge on any atom is -0.327 e. The van der Waals surface area contributed by atoms with Crippen molar-refractivity contribution in [2.45, 2.75) is 50.6 Å². The second-order valence-corrected chi connectivity index (χ2v) is 7.91. The fourth-order valence-electron chi connectivity index (χ4n) is 3.60. The van der Waals surface area contributed by atoms with Gasteiger partial charge in [0.05, 0.1) is 0 Å². The number of aromatic amines is 1. The number of fused-ring (bicyclic) bond motifs is 1. The number of H-pyrrole nitrogens is 1. The first kappa shape index (κ1) is 17.3. The minimum absolute atomic E-state index is 0.312. The van der Waals surface area contributed by atoms with Crippen LogP contribution in [0.5, 0.6) is 0 Å². The Hall–Kier alpha value is -1.50. The molecule has 0 saturated heterocycles. The maximum Gasteiger partial charge on any atom is 0.332 e. The molecule has 0 radical (unpaired) electrons. The van der Waals surface area contributed by atoms with Crippen molar-refractivity contribution in [3.8, 4) is 0 Å². The molecule has 0 bridgehead atoms. The van der Waals surface area contributed by atoms with Crippen LogP contribution in [0.1, 0.15) is 45.4 Å². The van der Waals surface area contributed by atoms with Crippen LogP contribution in [0.15, 0.2) is 14.7 Å². The number of thioether (sulfide) groups is 1. The number of nitrogens with one attached hydrogen (secondary N) is 1. The molecule has 6 nitrogen and oxygen atoms in total. The lowest BCUT2D eigenvalue weighted by molar-refractivity contribution is 0.436. The van der Waals surface area contributed by atoms with Crippen molar-refractivity contribution >= 4 is 22.9 Å². The molecule has 0 spiro atoms. The van der Waals surface area contributed by atoms with Gasteiger partial charge in [-0.3, -0.25) is 13.9 Å². The zero-order chi connectivity index (χ0) is 17.3. The molecule has 2 atom stereocenters. The SMILES string of the molecule is CCC1CCCC(CSc2nc3c([nH]2)c(=O)n(C)c(=O)n3C)CC1. The number of imidazole rings is 1. The van der Waals surface area contributed by atoms with Gasteiger partial charge in [-0.25, -0.2) is 9.78 Å². The summed E-state index contributed by atoms with van der Waals surface area (Å²) in [6, 6.07) is 0. The minimum atomic E-state index is -0.343. The second-order valence-electron chi connectivity index (χ2n) is 6.91. The van der Waals surface area contributed by atoms with Gasteiger partial charge in [-0.1, -0.05) is 44.4 Å². The van der Waals surface area contributed by atoms with Crippen LogP contribution in [0.2, 0.25) is 0 Å². The van der Waals surface area contributed by atoms with Crippen LogP contribution in [0.25, 0.3) is 11.2 Å². The predicted octanol–water partition coefficient (Wildman–Crippen LogP) is 2.66. The van der Waals surface area contributed by atoms with E-state index < -0.39 is 0 Å². The van der Waals surface area contributed by atoms with Crippen LogP contribution in [0.4, 0.5) is 0 Å². The zero-order valence-corrected chi connectivity index (χ0v) is 15.5. The highest BCUT2D eigenvalue weighted by atomic mass is 32.2. The lowest BCUT2D eigenvalue weighted by atomic mass is 9.97. The maximum atomic E-state index is 12.2. The van der Waals surface area contributed by atoms with Gasteiger partial charge in [0.2, 0.25) is 0 Å². The largest absolute Gasteiger partial charge is 0.332 e. The molecule has 0 aliphatic heterocycles. The van der Waals surface area contributed by atoms with Crippen molar-refractivity contribution in [2.24, 2.45) is 25.9 Å². The van der Waals surface area contributed by atoms with E-state index in [1.54, 1.807) is 18.8 Å². The fraction of sp³-hybridized carbons (Fsp3) is 0.706. The lowest BCUT2D eigenvalue weighted by Gasteiger charge is -2.13. The Labute approximate surface area is 145 Å². The van der Waals surface area contributed by atoms with Gasteiger partial charge in [0.15, 0.2) is 16.3 Å². The molecule has 3 rings (SSSR count). The van der Waals surface area contributed by atoms with E-state index in [9.17, 15) is 9.59 Å². The quantitative estimate of drug-likeness (QED) is 0.680. The molecule has 2 unspecified atom stereocenters. The molecule has 0 aromatic carbocycles. The average Bonchev–Trinajstić information content (AvgIpc) is 2.88. The lowest BCUT2D eigenvalue weighted by Crippen LogP contribution is -2.36. The zero-order valence-electron chi connectivity index (χ0n) is 14.7. The first-order valence-corrected chi connectivity index (χ1v) is 9.78. The van der Waals surface area contributed by atoms with Gasteiger partial charge in [-0.2, -0.15) is 0 Å². The van der Waals surface area contributed by atoms with Crippen molar-refractivity contribution in [2.75, 3.05) is 5.75 Å². The summed E-state index contributed by atoms with van der Waals surface area (Å²) in [7, 11) is 3.14. The molecule has 2 aromatic heterocycles. The van der Waals surface area contributed by atoms with Crippen LogP contribution in [0, 0.1) is 11.8 Å². The Balaban J connectivity index is 1.75. The number of hydrogen-bond acceptors (Lipinski definition) is 4. The summed E-state index contributed by atoms with van der Waals surface area (Å²) < 4.78 is 2.54. The van der Waals surface area contributed by atoms with Crippen molar-refractivity contribution in [1.29, 1.82) is 0 Å². The summed E-state index contributed by atoms with van der Waals surface area (Å²) in [4.78, 5) is 31.8. The van der Waals surface area contributed by atoms with E-state index in [4.69, 9.17) is 0 Å². The van der Waals surface area contributed by atoms with E-state index in [-0.39, 0.29) is 11.2 Å². The van der Waals surface area contributed by atoms with Gasteiger partial charge in [0.25, 0.3) is 5.56 Å². The smallest absolute Gasteiger partial charge is 0.327 e. The summed E-state index contributed by atoms with van der Waals surface area (Å²) in [5.74, 6) is 2.63. The highest BCUT2D eigenvalue weighted by Crippen LogP contribution is 2.32. The first-order chi connectivity index (χ1) is 11.5. The van der Waals surface area contributed by atoms with E-state index in [0.29, 0.717) is 17.1 Å². The summed E-state index contributed by atoms with van der Waals surface area (Å²) >= 11 is 1.67. The van der Waals surface area contributed by atoms with E-state index >= 15 is 0 Å². The first-order valence-electron chi connectivity index (χ1n) is 8.79. The molecule has 1 aliphatic rings. The number of aryl methyl sites for hydroxylation is 1. The van der Waals surface area contributed by atoms with Crippen LogP contribution in [-0.4, -0.2) is 24.9 Å². The number of hydrogen-bond donors (Lipinski definition) is 1. The summed E-state index contributed by atoms with van der Waals surface area (Å²) in [5, 5.41) is 0.736. The van der Waals surface area contributed by atoms with Crippen molar-refractivity contribution in [3.05, 3.63) is 20.8 Å². The summed E-state index contributed by atoms with van der Waals surface area (Å²) in [6.45, 7) is 2.29. The number of aromatic nitrogens is 4. The normalized spacial score (nSPS) is 22.0. The second kappa shape index (κ2) is 7.17. The molecule has 24 heavy (non-hydrogen) atoms. The van der Waals surface area contributed by atoms with Crippen molar-refractivity contribution in [3.63, 3.8) is 0 Å². The third-order valence-electron chi connectivity index (χ3n) is 5.31. The van der Waals surface area contributed by atoms with Crippen LogP contribution in [0.3, 0.4) is 0 Å². The summed E-state index contributed by atoms with van der Waals surface area (Å²) in [5.41, 5.74) is 0.198. The van der Waals surface area contributed by atoms with Gasteiger partial charge in [-0.15, -0.1) is 0 Å². The Morgan fingerprint density at radius 2 is 1.83 bits per heavy atom. The van der Waals surface area contributed by atoms with Gasteiger partial charge in [-0.05, 0) is 24.7 Å². The summed E-state index contributed by atoms with van der Waals surface area (Å²) in [6.07, 6.45) is 7.87. The van der Waals surface area contributed by atoms with Crippen molar-refractivity contribution < 1.29 is 0 Å². The fourth-order valence-corrected chi connectivity index (χ4v) is 4.65. The Morgan fingerprint density at radius 3 is 2.58 bits per heavy atom. The molecule has 0 amide bonds. The van der Waals surface area contributed by atoms with Gasteiger partial charge in [0, 0.05) is 19.8 Å². The maximum absolute atomic E-state index is 12.2. The third-order valence-corrected chi connectivity index (χ3v) is 6.42. The van der Waals surface area contributed by atoms with E-state index in [1.165, 1.54) is 50.1 Å². The average molecular weight is 350 g/mol. The van der Waals surface area contributed by atoms with Crippen molar-refractivity contribution in [1.82, 2.24) is 19.1 Å². The Morgan fingerprint density at radius 1 is 1.12 bits per heavy atom. The van der Waals surface area contributed by atoms with Crippen LogP contribution < -0.4 is 11.2 Å². The predicted molar refractivity (Wildman–Crippen MR) is 97.7 cm³/mol. The van der Waals surface area contributed by atoms with E-state index in [0.717, 1.165) is 21.4 Å². The molecule has 2 aromatic rings. The highest BCUT2D eigenvalue weighted by molar-refractivity contribution is 7.99. The van der Waals surface area contributed by atoms with Crippen LogP contribution in [-0.2, 0) is 14.1 Å². The van der Waals surface area contributed by atoms with Crippen LogP contribution >= 0.6 is 11.8 Å². The molecule has 7 heteroatoms. The molecule has 1 fully saturated rings. The molecular weight excluding hydrogens is 324 g/mol. The Bertz CT molecular complexity index is 835. The molecular formula is C17H26N4O2S. The number of nitrogens with zero attached hydrogens (tertiary/aromatic N) is 3. The molecule has 1 saturated carbocycles. The highest BCUT2D eigenvalue weighted by Gasteiger charge is 2.19. The molecule has 132 valence electrons. The molecule has 1 aliphatic carbocycles. The number of rotatable bonds is 4. The van der Waals surface area contributed by atoms with E-state index in [1.807, 2.05) is 0 Å². The third kappa shape index (κ3) is 3.31. The van der Waals surface area contributed by atoms with E-state index in [2.05, 4.69) is 16.9 Å². The monoisotopic (exact) mass is 350 g/mol. The topological polar surface area (TPSA) is 72.7 Å². The molecule has 2 heterocycles. The van der Waals surface area contributed by atoms with Gasteiger partial charge in [0.1, 0.15) is 0 Å².